The predicted octanol–water partition coefficient (Wildman–Crippen LogP) is 5.90. The molecule has 0 saturated carbocycles. The predicted molar refractivity (Wildman–Crippen MR) is 95.6 cm³/mol. The van der Waals surface area contributed by atoms with Crippen molar-refractivity contribution in [2.24, 2.45) is 0 Å². The average molecular weight is 317 g/mol. The van der Waals surface area contributed by atoms with E-state index in [0.717, 1.165) is 10.7 Å². The van der Waals surface area contributed by atoms with Crippen LogP contribution in [0.5, 0.6) is 0 Å². The van der Waals surface area contributed by atoms with Gasteiger partial charge in [-0.25, -0.2) is 4.98 Å². The second-order valence-electron chi connectivity index (χ2n) is 7.12. The fourth-order valence-corrected chi connectivity index (χ4v) is 3.51. The zero-order chi connectivity index (χ0) is 16.5. The van der Waals surface area contributed by atoms with Gasteiger partial charge in [-0.1, -0.05) is 45.0 Å². The summed E-state index contributed by atoms with van der Waals surface area (Å²) in [5.41, 5.74) is 3.87. The molecule has 2 aromatic rings. The first-order valence-electron chi connectivity index (χ1n) is 7.92. The highest BCUT2D eigenvalue weighted by Crippen LogP contribution is 2.35. The summed E-state index contributed by atoms with van der Waals surface area (Å²) in [5, 5.41) is 1.06. The number of nitrogens with zero attached hydrogens (tertiary/aromatic N) is 1. The summed E-state index contributed by atoms with van der Waals surface area (Å²) in [4.78, 5) is 5.95. The summed E-state index contributed by atoms with van der Waals surface area (Å²) in [5.74, 6) is 0. The lowest BCUT2D eigenvalue weighted by atomic mass is 9.86. The van der Waals surface area contributed by atoms with Crippen molar-refractivity contribution in [3.63, 3.8) is 0 Å². The van der Waals surface area contributed by atoms with Gasteiger partial charge in [-0.3, -0.25) is 0 Å². The van der Waals surface area contributed by atoms with E-state index < -0.39 is 0 Å². The van der Waals surface area contributed by atoms with Crippen LogP contribution in [0.25, 0.3) is 10.4 Å². The van der Waals surface area contributed by atoms with Crippen molar-refractivity contribution >= 4 is 11.3 Å². The van der Waals surface area contributed by atoms with E-state index in [4.69, 9.17) is 9.72 Å². The Morgan fingerprint density at radius 1 is 1.05 bits per heavy atom. The molecule has 120 valence electrons. The molecule has 22 heavy (non-hydrogen) atoms. The molecule has 2 nitrogen and oxygen atoms in total. The van der Waals surface area contributed by atoms with Crippen molar-refractivity contribution in [2.75, 3.05) is 0 Å². The van der Waals surface area contributed by atoms with Gasteiger partial charge in [0.2, 0.25) is 0 Å². The Bertz CT molecular complexity index is 620. The molecule has 0 spiro atoms. The van der Waals surface area contributed by atoms with Crippen LogP contribution in [0.4, 0.5) is 0 Å². The first kappa shape index (κ1) is 17.2. The Balaban J connectivity index is 2.28. The van der Waals surface area contributed by atoms with Crippen LogP contribution < -0.4 is 0 Å². The van der Waals surface area contributed by atoms with Crippen LogP contribution in [0.2, 0.25) is 0 Å². The van der Waals surface area contributed by atoms with E-state index in [2.05, 4.69) is 72.7 Å². The van der Waals surface area contributed by atoms with Gasteiger partial charge in [-0.05, 0) is 44.2 Å². The van der Waals surface area contributed by atoms with Gasteiger partial charge < -0.3 is 4.74 Å². The van der Waals surface area contributed by atoms with E-state index in [1.807, 2.05) is 0 Å². The quantitative estimate of drug-likeness (QED) is 0.700. The fraction of sp³-hybridized carbons (Fsp3) is 0.526. The fourth-order valence-electron chi connectivity index (χ4n) is 2.45. The summed E-state index contributed by atoms with van der Waals surface area (Å²) in [6, 6.07) is 8.86. The van der Waals surface area contributed by atoms with E-state index in [9.17, 15) is 0 Å². The molecule has 0 aliphatic rings. The number of hydrogen-bond donors (Lipinski definition) is 0. The lowest BCUT2D eigenvalue weighted by Gasteiger charge is -2.19. The van der Waals surface area contributed by atoms with E-state index in [0.29, 0.717) is 0 Å². The van der Waals surface area contributed by atoms with Gasteiger partial charge in [0, 0.05) is 0 Å². The van der Waals surface area contributed by atoms with E-state index in [1.54, 1.807) is 11.3 Å². The lowest BCUT2D eigenvalue weighted by molar-refractivity contribution is 0.0177. The van der Waals surface area contributed by atoms with Crippen molar-refractivity contribution < 1.29 is 4.74 Å². The minimum absolute atomic E-state index is 0.0475. The lowest BCUT2D eigenvalue weighted by Crippen LogP contribution is -2.10. The molecule has 0 bridgehead atoms. The van der Waals surface area contributed by atoms with Gasteiger partial charge >= 0.3 is 0 Å². The highest BCUT2D eigenvalue weighted by molar-refractivity contribution is 7.15. The summed E-state index contributed by atoms with van der Waals surface area (Å²) < 4.78 is 5.85. The monoisotopic (exact) mass is 317 g/mol. The van der Waals surface area contributed by atoms with Crippen LogP contribution in [0.3, 0.4) is 0 Å². The Kier molecular flexibility index (Phi) is 5.08. The van der Waals surface area contributed by atoms with Crippen LogP contribution in [-0.2, 0) is 10.2 Å². The summed E-state index contributed by atoms with van der Waals surface area (Å²) in [6.45, 7) is 15.0. The Labute approximate surface area is 138 Å². The molecule has 1 unspecified atom stereocenters. The molecule has 0 amide bonds. The smallest absolute Gasteiger partial charge is 0.122 e. The number of aromatic nitrogens is 1. The van der Waals surface area contributed by atoms with Gasteiger partial charge in [0.1, 0.15) is 11.1 Å². The molecule has 3 heteroatoms. The maximum Gasteiger partial charge on any atom is 0.122 e. The van der Waals surface area contributed by atoms with Crippen LogP contribution >= 0.6 is 11.3 Å². The molecule has 0 aliphatic heterocycles. The zero-order valence-corrected chi connectivity index (χ0v) is 15.5. The highest BCUT2D eigenvalue weighted by Gasteiger charge is 2.17. The summed E-state index contributed by atoms with van der Waals surface area (Å²) >= 11 is 1.74. The van der Waals surface area contributed by atoms with Crippen LogP contribution in [0.1, 0.15) is 63.9 Å². The molecule has 0 N–H and O–H groups in total. The molecular formula is C19H27NOS. The van der Waals surface area contributed by atoms with Crippen molar-refractivity contribution in [2.45, 2.75) is 66.1 Å². The van der Waals surface area contributed by atoms with Gasteiger partial charge in [-0.15, -0.1) is 11.3 Å². The SMILES string of the molecule is Cc1nc(C(C)OC(C)C)sc1-c1ccc(C(C)(C)C)cc1. The molecule has 2 rings (SSSR count). The Morgan fingerprint density at radius 3 is 2.14 bits per heavy atom. The normalized spacial score (nSPS) is 13.6. The van der Waals surface area contributed by atoms with Gasteiger partial charge in [0.15, 0.2) is 0 Å². The summed E-state index contributed by atoms with van der Waals surface area (Å²) in [6.07, 6.45) is 0.264. The number of ether oxygens (including phenoxy) is 1. The second-order valence-corrected chi connectivity index (χ2v) is 8.15. The second kappa shape index (κ2) is 6.51. The standard InChI is InChI=1S/C19H27NOS/c1-12(2)21-14(4)18-20-13(3)17(22-18)15-8-10-16(11-9-15)19(5,6)7/h8-12,14H,1-7H3. The van der Waals surface area contributed by atoms with E-state index in [-0.39, 0.29) is 17.6 Å². The minimum Gasteiger partial charge on any atom is -0.369 e. The van der Waals surface area contributed by atoms with Crippen LogP contribution in [-0.4, -0.2) is 11.1 Å². The molecule has 1 aromatic heterocycles. The topological polar surface area (TPSA) is 22.1 Å². The minimum atomic E-state index is 0.0475. The van der Waals surface area contributed by atoms with Crippen molar-refractivity contribution in [1.29, 1.82) is 0 Å². The maximum atomic E-state index is 5.85. The zero-order valence-electron chi connectivity index (χ0n) is 14.7. The molecule has 0 fully saturated rings. The van der Waals surface area contributed by atoms with Crippen molar-refractivity contribution in [1.82, 2.24) is 4.98 Å². The number of rotatable bonds is 4. The molecule has 1 heterocycles. The Hall–Kier alpha value is -1.19. The molecule has 0 saturated heterocycles. The first-order chi connectivity index (χ1) is 10.2. The van der Waals surface area contributed by atoms with Gasteiger partial charge in [0.25, 0.3) is 0 Å². The van der Waals surface area contributed by atoms with Gasteiger partial charge in [0.05, 0.1) is 16.7 Å². The average Bonchev–Trinajstić information content (AvgIpc) is 2.79. The number of thiazole rings is 1. The molecule has 1 atom stereocenters. The van der Waals surface area contributed by atoms with Crippen LogP contribution in [0, 0.1) is 6.92 Å². The van der Waals surface area contributed by atoms with Crippen molar-refractivity contribution in [3.05, 3.63) is 40.5 Å². The Morgan fingerprint density at radius 2 is 1.64 bits per heavy atom. The molecular weight excluding hydrogens is 290 g/mol. The molecule has 1 aromatic carbocycles. The maximum absolute atomic E-state index is 5.85. The van der Waals surface area contributed by atoms with Crippen molar-refractivity contribution in [3.8, 4) is 10.4 Å². The molecule has 0 radical (unpaired) electrons. The molecule has 0 aliphatic carbocycles. The van der Waals surface area contributed by atoms with E-state index >= 15 is 0 Å². The highest BCUT2D eigenvalue weighted by atomic mass is 32.1. The number of benzene rings is 1. The van der Waals surface area contributed by atoms with Crippen LogP contribution in [0.15, 0.2) is 24.3 Å². The van der Waals surface area contributed by atoms with E-state index in [1.165, 1.54) is 16.0 Å². The van der Waals surface area contributed by atoms with Gasteiger partial charge in [-0.2, -0.15) is 0 Å². The number of aryl methyl sites for hydroxylation is 1. The summed E-state index contributed by atoms with van der Waals surface area (Å²) in [7, 11) is 0. The third-order valence-electron chi connectivity index (χ3n) is 3.65. The third kappa shape index (κ3) is 3.96. The number of hydrogen-bond acceptors (Lipinski definition) is 3. The first-order valence-corrected chi connectivity index (χ1v) is 8.74. The third-order valence-corrected chi connectivity index (χ3v) is 5.02. The largest absolute Gasteiger partial charge is 0.369 e.